The van der Waals surface area contributed by atoms with E-state index in [1.165, 1.54) is 16.7 Å². The van der Waals surface area contributed by atoms with Crippen LogP contribution in [0, 0.1) is 18.3 Å². The molecule has 0 bridgehead atoms. The first-order chi connectivity index (χ1) is 11.4. The van der Waals surface area contributed by atoms with Gasteiger partial charge in [-0.25, -0.2) is 18.4 Å². The van der Waals surface area contributed by atoms with Gasteiger partial charge >= 0.3 is 0 Å². The van der Waals surface area contributed by atoms with Crippen molar-refractivity contribution < 1.29 is 13.2 Å². The van der Waals surface area contributed by atoms with Crippen molar-refractivity contribution >= 4 is 10.0 Å². The molecule has 0 spiro atoms. The Bertz CT molecular complexity index is 881. The van der Waals surface area contributed by atoms with Gasteiger partial charge < -0.3 is 9.30 Å². The normalized spacial score (nSPS) is 18.5. The molecule has 1 aliphatic heterocycles. The Morgan fingerprint density at radius 1 is 1.46 bits per heavy atom. The highest BCUT2D eigenvalue weighted by Crippen LogP contribution is 2.23. The third-order valence-corrected chi connectivity index (χ3v) is 5.69. The van der Waals surface area contributed by atoms with E-state index >= 15 is 0 Å². The fourth-order valence-corrected chi connectivity index (χ4v) is 4.02. The molecule has 1 aliphatic rings. The van der Waals surface area contributed by atoms with Gasteiger partial charge in [0, 0.05) is 32.1 Å². The number of hydrogen-bond donors (Lipinski definition) is 0. The lowest BCUT2D eigenvalue weighted by Crippen LogP contribution is -2.31. The van der Waals surface area contributed by atoms with E-state index in [2.05, 4.69) is 9.97 Å². The lowest BCUT2D eigenvalue weighted by Gasteiger charge is -2.15. The fraction of sp³-hybridized carbons (Fsp3) is 0.400. The molecule has 3 rings (SSSR count). The van der Waals surface area contributed by atoms with Gasteiger partial charge in [0.15, 0.2) is 5.03 Å². The van der Waals surface area contributed by atoms with E-state index in [-0.39, 0.29) is 17.7 Å². The van der Waals surface area contributed by atoms with Crippen molar-refractivity contribution in [3.8, 4) is 11.9 Å². The first-order valence-electron chi connectivity index (χ1n) is 7.43. The summed E-state index contributed by atoms with van der Waals surface area (Å²) in [4.78, 5) is 8.16. The number of pyridine rings is 1. The topological polar surface area (TPSA) is 101 Å². The maximum Gasteiger partial charge on any atom is 0.262 e. The number of rotatable bonds is 4. The molecule has 24 heavy (non-hydrogen) atoms. The van der Waals surface area contributed by atoms with Gasteiger partial charge in [0.1, 0.15) is 11.9 Å². The summed E-state index contributed by atoms with van der Waals surface area (Å²) in [7, 11) is -1.87. The summed E-state index contributed by atoms with van der Waals surface area (Å²) >= 11 is 0. The number of sulfonamides is 1. The van der Waals surface area contributed by atoms with Crippen LogP contribution >= 0.6 is 0 Å². The van der Waals surface area contributed by atoms with Gasteiger partial charge in [0.05, 0.1) is 18.2 Å². The van der Waals surface area contributed by atoms with Gasteiger partial charge in [0.2, 0.25) is 5.88 Å². The van der Waals surface area contributed by atoms with Crippen molar-refractivity contribution in [3.05, 3.63) is 35.9 Å². The van der Waals surface area contributed by atoms with Gasteiger partial charge in [-0.05, 0) is 19.4 Å². The monoisotopic (exact) mass is 347 g/mol. The van der Waals surface area contributed by atoms with E-state index in [0.717, 1.165) is 0 Å². The van der Waals surface area contributed by atoms with Crippen LogP contribution in [-0.2, 0) is 17.1 Å². The molecule has 1 fully saturated rings. The first kappa shape index (κ1) is 16.4. The molecule has 0 saturated carbocycles. The number of aryl methyl sites for hydroxylation is 2. The standard InChI is InChI=1S/C15H17N5O3S/c1-11-18-15(10-19(11)2)24(21,22)20-6-4-13(9-20)23-14-7-12(8-16)3-5-17-14/h3,5,7,10,13H,4,6,9H2,1-2H3. The molecular weight excluding hydrogens is 330 g/mol. The predicted octanol–water partition coefficient (Wildman–Crippen LogP) is 0.837. The van der Waals surface area contributed by atoms with Crippen molar-refractivity contribution in [2.75, 3.05) is 13.1 Å². The van der Waals surface area contributed by atoms with Crippen molar-refractivity contribution in [1.29, 1.82) is 5.26 Å². The number of imidazole rings is 1. The van der Waals surface area contributed by atoms with Gasteiger partial charge in [-0.2, -0.15) is 9.57 Å². The molecule has 0 aromatic carbocycles. The molecule has 9 heteroatoms. The van der Waals surface area contributed by atoms with Crippen LogP contribution in [0.15, 0.2) is 29.6 Å². The maximum absolute atomic E-state index is 12.6. The Hall–Kier alpha value is -2.44. The average Bonchev–Trinajstić information content (AvgIpc) is 3.16. The average molecular weight is 347 g/mol. The van der Waals surface area contributed by atoms with Crippen molar-refractivity contribution in [2.45, 2.75) is 24.5 Å². The summed E-state index contributed by atoms with van der Waals surface area (Å²) in [5, 5.41) is 8.94. The van der Waals surface area contributed by atoms with Crippen LogP contribution in [0.25, 0.3) is 0 Å². The molecule has 0 N–H and O–H groups in total. The number of aromatic nitrogens is 3. The maximum atomic E-state index is 12.6. The fourth-order valence-electron chi connectivity index (χ4n) is 2.51. The summed E-state index contributed by atoms with van der Waals surface area (Å²) in [6.45, 7) is 2.35. The minimum absolute atomic E-state index is 0.0488. The van der Waals surface area contributed by atoms with Gasteiger partial charge in [-0.1, -0.05) is 0 Å². The minimum atomic E-state index is -3.63. The predicted molar refractivity (Wildman–Crippen MR) is 84.7 cm³/mol. The van der Waals surface area contributed by atoms with Crippen molar-refractivity contribution in [3.63, 3.8) is 0 Å². The second-order valence-electron chi connectivity index (χ2n) is 5.62. The third kappa shape index (κ3) is 3.11. The Morgan fingerprint density at radius 3 is 2.92 bits per heavy atom. The zero-order chi connectivity index (χ0) is 17.3. The highest BCUT2D eigenvalue weighted by molar-refractivity contribution is 7.89. The van der Waals surface area contributed by atoms with E-state index < -0.39 is 10.0 Å². The number of nitriles is 1. The van der Waals surface area contributed by atoms with Gasteiger partial charge in [0.25, 0.3) is 10.0 Å². The van der Waals surface area contributed by atoms with E-state index in [1.54, 1.807) is 30.7 Å². The Labute approximate surface area is 140 Å². The Morgan fingerprint density at radius 2 is 2.25 bits per heavy atom. The Kier molecular flexibility index (Phi) is 4.26. The minimum Gasteiger partial charge on any atom is -0.473 e. The molecule has 0 aliphatic carbocycles. The van der Waals surface area contributed by atoms with Crippen molar-refractivity contribution in [1.82, 2.24) is 18.8 Å². The molecule has 0 radical (unpaired) electrons. The van der Waals surface area contributed by atoms with Gasteiger partial charge in [-0.3, -0.25) is 0 Å². The third-order valence-electron chi connectivity index (χ3n) is 3.95. The van der Waals surface area contributed by atoms with Crippen LogP contribution in [0.2, 0.25) is 0 Å². The van der Waals surface area contributed by atoms with Gasteiger partial charge in [-0.15, -0.1) is 0 Å². The molecule has 1 saturated heterocycles. The second kappa shape index (κ2) is 6.22. The summed E-state index contributed by atoms with van der Waals surface area (Å²) in [6.07, 6.45) is 3.26. The SMILES string of the molecule is Cc1nc(S(=O)(=O)N2CCC(Oc3cc(C#N)ccn3)C2)cn1C. The largest absolute Gasteiger partial charge is 0.473 e. The number of hydrogen-bond acceptors (Lipinski definition) is 6. The van der Waals surface area contributed by atoms with Crippen LogP contribution in [-0.4, -0.2) is 46.5 Å². The summed E-state index contributed by atoms with van der Waals surface area (Å²) in [6, 6.07) is 5.14. The molecule has 3 heterocycles. The highest BCUT2D eigenvalue weighted by atomic mass is 32.2. The zero-order valence-electron chi connectivity index (χ0n) is 13.4. The number of ether oxygens (including phenoxy) is 1. The Balaban J connectivity index is 1.72. The number of nitrogens with zero attached hydrogens (tertiary/aromatic N) is 5. The quantitative estimate of drug-likeness (QED) is 0.812. The lowest BCUT2D eigenvalue weighted by molar-refractivity contribution is 0.207. The molecule has 0 amide bonds. The van der Waals surface area contributed by atoms with E-state index in [4.69, 9.17) is 10.00 Å². The summed E-state index contributed by atoms with van der Waals surface area (Å²) < 4.78 is 34.0. The van der Waals surface area contributed by atoms with Crippen LogP contribution < -0.4 is 4.74 Å². The molecule has 1 unspecified atom stereocenters. The van der Waals surface area contributed by atoms with E-state index in [9.17, 15) is 8.42 Å². The molecule has 8 nitrogen and oxygen atoms in total. The van der Waals surface area contributed by atoms with Crippen LogP contribution in [0.4, 0.5) is 0 Å². The molecule has 2 aromatic heterocycles. The summed E-state index contributed by atoms with van der Waals surface area (Å²) in [5.41, 5.74) is 0.450. The van der Waals surface area contributed by atoms with Crippen molar-refractivity contribution in [2.24, 2.45) is 7.05 Å². The second-order valence-corrected chi connectivity index (χ2v) is 7.51. The molecule has 1 atom stereocenters. The van der Waals surface area contributed by atoms with E-state index in [1.807, 2.05) is 6.07 Å². The smallest absolute Gasteiger partial charge is 0.262 e. The van der Waals surface area contributed by atoms with E-state index in [0.29, 0.717) is 30.2 Å². The highest BCUT2D eigenvalue weighted by Gasteiger charge is 2.35. The molecular formula is C15H17N5O3S. The molecule has 2 aromatic rings. The van der Waals surface area contributed by atoms with Crippen LogP contribution in [0.5, 0.6) is 5.88 Å². The zero-order valence-corrected chi connectivity index (χ0v) is 14.2. The van der Waals surface area contributed by atoms with Crippen LogP contribution in [0.3, 0.4) is 0 Å². The first-order valence-corrected chi connectivity index (χ1v) is 8.87. The lowest BCUT2D eigenvalue weighted by atomic mass is 10.3. The molecule has 126 valence electrons. The summed E-state index contributed by atoms with van der Waals surface area (Å²) in [5.74, 6) is 0.963. The van der Waals surface area contributed by atoms with Crippen LogP contribution in [0.1, 0.15) is 17.8 Å².